The summed E-state index contributed by atoms with van der Waals surface area (Å²) in [5, 5.41) is 21.6. The maximum Gasteiger partial charge on any atom is 0.488 e. The van der Waals surface area contributed by atoms with Crippen molar-refractivity contribution in [2.24, 2.45) is 0 Å². The molecule has 0 aromatic heterocycles. The van der Waals surface area contributed by atoms with Crippen molar-refractivity contribution in [2.45, 2.75) is 0 Å². The summed E-state index contributed by atoms with van der Waals surface area (Å²) < 4.78 is 0. The standard InChI is InChI=1S/C34H26BNO2/c37-35(38)29-17-19-31(20-18-29)36(30-13-5-2-6-14-30)32-21-22-33(26-10-3-1-4-11-26)34(24-32)28-16-15-25-9-7-8-12-27(25)23-28/h1-24,37-38H. The third kappa shape index (κ3) is 4.71. The monoisotopic (exact) mass is 491 g/mol. The number of rotatable bonds is 6. The summed E-state index contributed by atoms with van der Waals surface area (Å²) in [4.78, 5) is 2.19. The first kappa shape index (κ1) is 23.7. The van der Waals surface area contributed by atoms with Crippen LogP contribution >= 0.6 is 0 Å². The molecule has 2 N–H and O–H groups in total. The van der Waals surface area contributed by atoms with Gasteiger partial charge >= 0.3 is 7.12 Å². The molecule has 0 amide bonds. The molecule has 0 saturated carbocycles. The van der Waals surface area contributed by atoms with Gasteiger partial charge in [-0.05, 0) is 81.0 Å². The van der Waals surface area contributed by atoms with E-state index in [4.69, 9.17) is 0 Å². The largest absolute Gasteiger partial charge is 0.488 e. The van der Waals surface area contributed by atoms with Gasteiger partial charge in [-0.25, -0.2) is 0 Å². The Bertz CT molecular complexity index is 1680. The van der Waals surface area contributed by atoms with Crippen LogP contribution in [0.2, 0.25) is 0 Å². The fraction of sp³-hybridized carbons (Fsp3) is 0. The fourth-order valence-electron chi connectivity index (χ4n) is 4.96. The second-order valence-electron chi connectivity index (χ2n) is 9.29. The van der Waals surface area contributed by atoms with Crippen molar-refractivity contribution in [2.75, 3.05) is 4.90 Å². The van der Waals surface area contributed by atoms with Crippen LogP contribution in [-0.2, 0) is 0 Å². The van der Waals surface area contributed by atoms with Crippen LogP contribution in [0, 0.1) is 0 Å². The smallest absolute Gasteiger partial charge is 0.423 e. The van der Waals surface area contributed by atoms with Gasteiger partial charge < -0.3 is 14.9 Å². The minimum atomic E-state index is -1.50. The molecule has 3 nitrogen and oxygen atoms in total. The zero-order valence-electron chi connectivity index (χ0n) is 20.8. The van der Waals surface area contributed by atoms with Crippen molar-refractivity contribution >= 4 is 40.4 Å². The molecule has 0 heterocycles. The minimum Gasteiger partial charge on any atom is -0.423 e. The van der Waals surface area contributed by atoms with E-state index in [2.05, 4.69) is 102 Å². The molecule has 0 aliphatic heterocycles. The Hall–Kier alpha value is -4.64. The highest BCUT2D eigenvalue weighted by atomic mass is 16.4. The normalized spacial score (nSPS) is 10.9. The van der Waals surface area contributed by atoms with Crippen molar-refractivity contribution in [3.05, 3.63) is 146 Å². The van der Waals surface area contributed by atoms with Gasteiger partial charge in [0, 0.05) is 17.1 Å². The lowest BCUT2D eigenvalue weighted by Crippen LogP contribution is -2.29. The predicted molar refractivity (Wildman–Crippen MR) is 159 cm³/mol. The molecule has 0 spiro atoms. The molecule has 6 rings (SSSR count). The molecule has 0 unspecified atom stereocenters. The van der Waals surface area contributed by atoms with Crippen LogP contribution in [0.1, 0.15) is 0 Å². The highest BCUT2D eigenvalue weighted by Crippen LogP contribution is 2.40. The van der Waals surface area contributed by atoms with E-state index in [1.54, 1.807) is 12.1 Å². The molecule has 182 valence electrons. The lowest BCUT2D eigenvalue weighted by molar-refractivity contribution is 0.426. The molecule has 0 saturated heterocycles. The highest BCUT2D eigenvalue weighted by molar-refractivity contribution is 6.58. The third-order valence-corrected chi connectivity index (χ3v) is 6.87. The van der Waals surface area contributed by atoms with Gasteiger partial charge in [0.2, 0.25) is 0 Å². The van der Waals surface area contributed by atoms with Crippen molar-refractivity contribution in [3.63, 3.8) is 0 Å². The van der Waals surface area contributed by atoms with Crippen molar-refractivity contribution in [3.8, 4) is 22.3 Å². The van der Waals surface area contributed by atoms with Crippen LogP contribution in [0.15, 0.2) is 146 Å². The van der Waals surface area contributed by atoms with Gasteiger partial charge in [0.1, 0.15) is 0 Å². The Balaban J connectivity index is 1.55. The first-order valence-electron chi connectivity index (χ1n) is 12.7. The second-order valence-corrected chi connectivity index (χ2v) is 9.29. The second kappa shape index (κ2) is 10.4. The van der Waals surface area contributed by atoms with Crippen molar-refractivity contribution in [1.29, 1.82) is 0 Å². The van der Waals surface area contributed by atoms with Crippen LogP contribution < -0.4 is 10.4 Å². The van der Waals surface area contributed by atoms with E-state index in [0.29, 0.717) is 5.46 Å². The average molecular weight is 491 g/mol. The number of benzene rings is 6. The van der Waals surface area contributed by atoms with Crippen LogP contribution in [-0.4, -0.2) is 17.2 Å². The number of hydrogen-bond acceptors (Lipinski definition) is 3. The predicted octanol–water partition coefficient (Wildman–Crippen LogP) is 7.32. The Labute approximate surface area is 223 Å². The van der Waals surface area contributed by atoms with Gasteiger partial charge in [-0.1, -0.05) is 103 Å². The third-order valence-electron chi connectivity index (χ3n) is 6.87. The fourth-order valence-corrected chi connectivity index (χ4v) is 4.96. The van der Waals surface area contributed by atoms with E-state index in [0.717, 1.165) is 39.3 Å². The van der Waals surface area contributed by atoms with E-state index in [9.17, 15) is 10.0 Å². The first-order chi connectivity index (χ1) is 18.7. The van der Waals surface area contributed by atoms with Gasteiger partial charge in [-0.2, -0.15) is 0 Å². The summed E-state index contributed by atoms with van der Waals surface area (Å²) in [5.74, 6) is 0. The van der Waals surface area contributed by atoms with Gasteiger partial charge in [-0.15, -0.1) is 0 Å². The first-order valence-corrected chi connectivity index (χ1v) is 12.7. The maximum absolute atomic E-state index is 9.61. The Morgan fingerprint density at radius 2 is 1.03 bits per heavy atom. The van der Waals surface area contributed by atoms with Gasteiger partial charge in [0.25, 0.3) is 0 Å². The lowest BCUT2D eigenvalue weighted by Gasteiger charge is -2.27. The molecule has 0 aliphatic carbocycles. The Morgan fingerprint density at radius 1 is 0.421 bits per heavy atom. The van der Waals surface area contributed by atoms with Gasteiger partial charge in [0.15, 0.2) is 0 Å². The van der Waals surface area contributed by atoms with Crippen LogP contribution in [0.25, 0.3) is 33.0 Å². The molecular formula is C34H26BNO2. The highest BCUT2D eigenvalue weighted by Gasteiger charge is 2.17. The summed E-state index contributed by atoms with van der Waals surface area (Å²) in [7, 11) is -1.50. The molecule has 6 aromatic rings. The van der Waals surface area contributed by atoms with Crippen LogP contribution in [0.4, 0.5) is 17.1 Å². The van der Waals surface area contributed by atoms with Crippen molar-refractivity contribution in [1.82, 2.24) is 0 Å². The Kier molecular flexibility index (Phi) is 6.49. The quantitative estimate of drug-likeness (QED) is 0.240. The van der Waals surface area contributed by atoms with E-state index < -0.39 is 7.12 Å². The van der Waals surface area contributed by atoms with E-state index in [1.165, 1.54) is 10.8 Å². The van der Waals surface area contributed by atoms with Crippen molar-refractivity contribution < 1.29 is 10.0 Å². The minimum absolute atomic E-state index is 0.457. The maximum atomic E-state index is 9.61. The van der Waals surface area contributed by atoms with Crippen LogP contribution in [0.3, 0.4) is 0 Å². The summed E-state index contributed by atoms with van der Waals surface area (Å²) in [5.41, 5.74) is 8.03. The van der Waals surface area contributed by atoms with E-state index >= 15 is 0 Å². The summed E-state index contributed by atoms with van der Waals surface area (Å²) in [6.07, 6.45) is 0. The lowest BCUT2D eigenvalue weighted by atomic mass is 9.80. The van der Waals surface area contributed by atoms with Gasteiger partial charge in [-0.3, -0.25) is 0 Å². The summed E-state index contributed by atoms with van der Waals surface area (Å²) in [6.45, 7) is 0. The summed E-state index contributed by atoms with van der Waals surface area (Å²) >= 11 is 0. The number of anilines is 3. The molecule has 0 fully saturated rings. The zero-order chi connectivity index (χ0) is 25.9. The van der Waals surface area contributed by atoms with E-state index in [-0.39, 0.29) is 0 Å². The molecule has 0 atom stereocenters. The molecule has 4 heteroatoms. The molecule has 0 bridgehead atoms. The zero-order valence-corrected chi connectivity index (χ0v) is 20.8. The SMILES string of the molecule is OB(O)c1ccc(N(c2ccccc2)c2ccc(-c3ccccc3)c(-c3ccc4ccccc4c3)c2)cc1. The average Bonchev–Trinajstić information content (AvgIpc) is 2.98. The molecule has 0 radical (unpaired) electrons. The molecule has 0 aliphatic rings. The summed E-state index contributed by atoms with van der Waals surface area (Å²) in [6, 6.07) is 49.7. The van der Waals surface area contributed by atoms with E-state index in [1.807, 2.05) is 36.4 Å². The Morgan fingerprint density at radius 3 is 1.74 bits per heavy atom. The number of fused-ring (bicyclic) bond motifs is 1. The van der Waals surface area contributed by atoms with Gasteiger partial charge in [0.05, 0.1) is 0 Å². The van der Waals surface area contributed by atoms with Crippen LogP contribution in [0.5, 0.6) is 0 Å². The number of hydrogen-bond donors (Lipinski definition) is 2. The molecule has 6 aromatic carbocycles. The molecule has 38 heavy (non-hydrogen) atoms. The topological polar surface area (TPSA) is 43.7 Å². The molecular weight excluding hydrogens is 465 g/mol. The number of nitrogens with zero attached hydrogens (tertiary/aromatic N) is 1. The number of para-hydroxylation sites is 1.